The molecule has 256 valence electrons. The monoisotopic (exact) mass is 723 g/mol. The van der Waals surface area contributed by atoms with E-state index in [0.717, 1.165) is 54.1 Å². The molecule has 8 nitrogen and oxygen atoms in total. The van der Waals surface area contributed by atoms with Crippen LogP contribution in [0.4, 0.5) is 53.2 Å². The third-order valence-corrected chi connectivity index (χ3v) is 8.96. The minimum Gasteiger partial charge on any atom is -0.367 e. The van der Waals surface area contributed by atoms with Crippen molar-refractivity contribution in [3.63, 3.8) is 0 Å². The number of imidazole rings is 1. The number of hydrogen-bond acceptors (Lipinski definition) is 5. The number of nitrogens with one attached hydrogen (secondary N) is 1. The van der Waals surface area contributed by atoms with Crippen LogP contribution in [0.1, 0.15) is 17.2 Å². The molecule has 19 heteroatoms. The molecule has 3 aromatic carbocycles. The van der Waals surface area contributed by atoms with E-state index in [4.69, 9.17) is 0 Å². The molecule has 0 bridgehead atoms. The fourth-order valence-corrected chi connectivity index (χ4v) is 6.19. The molecule has 1 fully saturated rings. The predicted molar refractivity (Wildman–Crippen MR) is 164 cm³/mol. The number of aromatic nitrogens is 2. The number of amidine groups is 1. The smallest absolute Gasteiger partial charge is 0.367 e. The number of rotatable bonds is 7. The largest absolute Gasteiger partial charge is 0.418 e. The number of methoxy groups -OCH3 is 1. The average molecular weight is 724 g/mol. The zero-order chi connectivity index (χ0) is 35.3. The van der Waals surface area contributed by atoms with Gasteiger partial charge < -0.3 is 14.6 Å². The van der Waals surface area contributed by atoms with Gasteiger partial charge in [-0.15, -0.1) is 0 Å². The highest BCUT2D eigenvalue weighted by Crippen LogP contribution is 3.02. The molecule has 1 unspecified atom stereocenters. The summed E-state index contributed by atoms with van der Waals surface area (Å²) in [5.41, 5.74) is -0.0387. The van der Waals surface area contributed by atoms with Crippen molar-refractivity contribution < 1.29 is 51.3 Å². The molecule has 4 aromatic rings. The van der Waals surface area contributed by atoms with Crippen LogP contribution in [0.2, 0.25) is 0 Å². The van der Waals surface area contributed by atoms with Gasteiger partial charge in [0.1, 0.15) is 10.7 Å². The van der Waals surface area contributed by atoms with Crippen molar-refractivity contribution in [2.45, 2.75) is 24.1 Å². The highest BCUT2D eigenvalue weighted by atomic mass is 32.5. The quantitative estimate of drug-likeness (QED) is 0.192. The van der Waals surface area contributed by atoms with Crippen LogP contribution in [0.25, 0.3) is 16.9 Å². The number of alkyl halides is 3. The average Bonchev–Trinajstić information content (AvgIpc) is 3.60. The third-order valence-electron chi connectivity index (χ3n) is 6.87. The number of anilines is 2. The van der Waals surface area contributed by atoms with Crippen molar-refractivity contribution in [1.82, 2.24) is 9.55 Å². The van der Waals surface area contributed by atoms with Crippen molar-refractivity contribution in [3.05, 3.63) is 90.1 Å². The number of aliphatic imine (C=N–C) groups is 1. The minimum atomic E-state index is -9.86. The Morgan fingerprint density at radius 3 is 2.33 bits per heavy atom. The van der Waals surface area contributed by atoms with Gasteiger partial charge in [0.15, 0.2) is 11.3 Å². The van der Waals surface area contributed by atoms with Gasteiger partial charge in [0.2, 0.25) is 5.91 Å². The Bertz CT molecular complexity index is 1950. The van der Waals surface area contributed by atoms with E-state index in [0.29, 0.717) is 5.56 Å². The SMILES string of the molecule is COC(c1ccc(C)cc1N1C(=O)CS/C1=N\C(=O)Nc1ccc(-c2cn(-c3ccc(S(F)(F)(F)(F)F)cc3)cn2)cc1F)C(F)(F)F. The molecule has 0 radical (unpaired) electrons. The fraction of sp³-hybridized carbons (Fsp3) is 0.172. The summed E-state index contributed by atoms with van der Waals surface area (Å²) in [6, 6.07) is 8.36. The van der Waals surface area contributed by atoms with Crippen LogP contribution in [0.5, 0.6) is 0 Å². The summed E-state index contributed by atoms with van der Waals surface area (Å²) in [5, 5.41) is 1.96. The molecule has 48 heavy (non-hydrogen) atoms. The summed E-state index contributed by atoms with van der Waals surface area (Å²) in [4.78, 5) is 32.2. The van der Waals surface area contributed by atoms with Gasteiger partial charge in [0.25, 0.3) is 0 Å². The summed E-state index contributed by atoms with van der Waals surface area (Å²) in [5.74, 6) is -1.85. The molecule has 5 rings (SSSR count). The Balaban J connectivity index is 1.35. The number of amides is 3. The molecule has 2 heterocycles. The number of carbonyl (C=O) groups excluding carboxylic acids is 2. The van der Waals surface area contributed by atoms with Gasteiger partial charge in [-0.25, -0.2) is 14.2 Å². The number of benzene rings is 3. The minimum absolute atomic E-state index is 0.0639. The van der Waals surface area contributed by atoms with E-state index in [2.05, 4.69) is 20.0 Å². The first-order chi connectivity index (χ1) is 22.1. The lowest BCUT2D eigenvalue weighted by atomic mass is 10.0. The first-order valence-corrected chi connectivity index (χ1v) is 16.3. The van der Waals surface area contributed by atoms with Crippen molar-refractivity contribution in [1.29, 1.82) is 0 Å². The number of urea groups is 1. The molecule has 0 aliphatic carbocycles. The van der Waals surface area contributed by atoms with Gasteiger partial charge >= 0.3 is 22.4 Å². The van der Waals surface area contributed by atoms with Crippen LogP contribution in [-0.2, 0) is 9.53 Å². The lowest BCUT2D eigenvalue weighted by Crippen LogP contribution is -2.33. The van der Waals surface area contributed by atoms with E-state index < -0.39 is 45.2 Å². The van der Waals surface area contributed by atoms with Crippen molar-refractivity contribution >= 4 is 50.5 Å². The van der Waals surface area contributed by atoms with Gasteiger partial charge in [-0.1, -0.05) is 49.4 Å². The van der Waals surface area contributed by atoms with Crippen molar-refractivity contribution in [2.75, 3.05) is 23.1 Å². The topological polar surface area (TPSA) is 88.8 Å². The summed E-state index contributed by atoms with van der Waals surface area (Å²) >= 11 is 0.788. The summed E-state index contributed by atoms with van der Waals surface area (Å²) < 4.78 is 127. The maximum Gasteiger partial charge on any atom is 0.418 e. The molecule has 1 atom stereocenters. The van der Waals surface area contributed by atoms with Crippen molar-refractivity contribution in [2.24, 2.45) is 4.99 Å². The molecular formula is C29H22F9N5O3S2. The van der Waals surface area contributed by atoms with E-state index in [9.17, 15) is 42.2 Å². The highest BCUT2D eigenvalue weighted by Gasteiger charge is 2.65. The third kappa shape index (κ3) is 7.47. The summed E-state index contributed by atoms with van der Waals surface area (Å²) in [6.07, 6.45) is -4.73. The van der Waals surface area contributed by atoms with Gasteiger partial charge in [-0.2, -0.15) is 18.2 Å². The van der Waals surface area contributed by atoms with Crippen LogP contribution in [0, 0.1) is 12.7 Å². The number of carbonyl (C=O) groups is 2. The predicted octanol–water partition coefficient (Wildman–Crippen LogP) is 9.56. The van der Waals surface area contributed by atoms with Crippen molar-refractivity contribution in [3.8, 4) is 16.9 Å². The Morgan fingerprint density at radius 2 is 1.73 bits per heavy atom. The fourth-order valence-electron chi connectivity index (χ4n) is 4.68. The number of halogens is 9. The number of ether oxygens (including phenoxy) is 1. The van der Waals surface area contributed by atoms with Crippen LogP contribution < -0.4 is 10.2 Å². The zero-order valence-corrected chi connectivity index (χ0v) is 26.1. The van der Waals surface area contributed by atoms with E-state index in [1.165, 1.54) is 35.3 Å². The highest BCUT2D eigenvalue weighted by molar-refractivity contribution is 8.45. The Labute approximate surface area is 270 Å². The van der Waals surface area contributed by atoms with E-state index >= 15 is 4.39 Å². The van der Waals surface area contributed by atoms with Crippen LogP contribution in [0.15, 0.2) is 83.1 Å². The maximum absolute atomic E-state index is 15.0. The molecule has 1 N–H and O–H groups in total. The van der Waals surface area contributed by atoms with Crippen LogP contribution in [0.3, 0.4) is 0 Å². The number of nitrogens with zero attached hydrogens (tertiary/aromatic N) is 4. The maximum atomic E-state index is 15.0. The lowest BCUT2D eigenvalue weighted by molar-refractivity contribution is -0.215. The van der Waals surface area contributed by atoms with Gasteiger partial charge in [0.05, 0.1) is 29.1 Å². The lowest BCUT2D eigenvalue weighted by Gasteiger charge is -2.40. The second-order valence-corrected chi connectivity index (χ2v) is 13.7. The summed E-state index contributed by atoms with van der Waals surface area (Å²) in [6.45, 7) is 1.59. The Morgan fingerprint density at radius 1 is 1.04 bits per heavy atom. The molecule has 1 aliphatic rings. The molecule has 1 aromatic heterocycles. The molecule has 0 spiro atoms. The molecule has 1 aliphatic heterocycles. The van der Waals surface area contributed by atoms with Gasteiger partial charge in [0, 0.05) is 30.1 Å². The van der Waals surface area contributed by atoms with Gasteiger partial charge in [-0.3, -0.25) is 9.69 Å². The second kappa shape index (κ2) is 11.6. The normalized spacial score (nSPS) is 16.9. The first-order valence-electron chi connectivity index (χ1n) is 13.4. The molecule has 1 saturated heterocycles. The van der Waals surface area contributed by atoms with E-state index in [1.807, 2.05) is 0 Å². The Kier molecular flexibility index (Phi) is 8.41. The summed E-state index contributed by atoms with van der Waals surface area (Å²) in [7, 11) is -8.99. The number of thioether (sulfide) groups is 1. The first kappa shape index (κ1) is 34.8. The zero-order valence-electron chi connectivity index (χ0n) is 24.4. The van der Waals surface area contributed by atoms with Crippen LogP contribution in [-0.4, -0.2) is 45.7 Å². The Hall–Kier alpha value is -4.49. The van der Waals surface area contributed by atoms with E-state index in [-0.39, 0.29) is 56.9 Å². The number of hydrogen-bond donors (Lipinski definition) is 1. The second-order valence-electron chi connectivity index (χ2n) is 10.4. The standard InChI is InChI=1S/C29H22F9N5O3S2/c1-16-3-9-20(26(46-2)29(31,32)33)24(11-16)43-25(44)14-47-28(43)41-27(45)40-22-10-4-17(12-21(22)30)23-13-42(15-39-23)18-5-7-19(8-6-18)48(34,35,36,37)38/h3-13,15,26H,14H2,1-2H3,(H,40,45)/b41-28-. The van der Waals surface area contributed by atoms with Gasteiger partial charge in [-0.05, 0) is 55.0 Å². The van der Waals surface area contributed by atoms with Crippen LogP contribution >= 0.6 is 22.0 Å². The molecular weight excluding hydrogens is 701 g/mol. The molecule has 3 amide bonds. The van der Waals surface area contributed by atoms with E-state index in [1.54, 1.807) is 6.92 Å². The molecule has 0 saturated carbocycles. The number of aryl methyl sites for hydroxylation is 1.